The van der Waals surface area contributed by atoms with E-state index in [0.29, 0.717) is 5.69 Å². The van der Waals surface area contributed by atoms with Gasteiger partial charge in [-0.1, -0.05) is 0 Å². The standard InChI is InChI=1S/C11H18N4O3/c1-11(2,3)18-10(17)14-8(9(16)15-12)7-5-4-6-13-7/h4-6,8,13H,12H2,1-3H3,(H,14,17)(H,15,16). The number of amides is 2. The number of nitrogens with two attached hydrogens (primary N) is 1. The first-order valence-electron chi connectivity index (χ1n) is 5.47. The Hall–Kier alpha value is -2.02. The van der Waals surface area contributed by atoms with Crippen molar-refractivity contribution >= 4 is 12.0 Å². The van der Waals surface area contributed by atoms with Crippen LogP contribution >= 0.6 is 0 Å². The van der Waals surface area contributed by atoms with E-state index in [4.69, 9.17) is 10.6 Å². The number of hydrogen-bond donors (Lipinski definition) is 4. The highest BCUT2D eigenvalue weighted by Crippen LogP contribution is 2.12. The van der Waals surface area contributed by atoms with Gasteiger partial charge in [0.05, 0.1) is 0 Å². The van der Waals surface area contributed by atoms with E-state index < -0.39 is 23.6 Å². The van der Waals surface area contributed by atoms with Crippen molar-refractivity contribution in [3.8, 4) is 0 Å². The molecule has 1 aromatic rings. The van der Waals surface area contributed by atoms with Gasteiger partial charge >= 0.3 is 6.09 Å². The van der Waals surface area contributed by atoms with Crippen LogP contribution in [-0.4, -0.2) is 22.6 Å². The first kappa shape index (κ1) is 14.0. The maximum absolute atomic E-state index is 11.6. The van der Waals surface area contributed by atoms with E-state index >= 15 is 0 Å². The lowest BCUT2D eigenvalue weighted by atomic mass is 10.2. The largest absolute Gasteiger partial charge is 0.444 e. The number of carbonyl (C=O) groups is 2. The molecule has 0 aliphatic carbocycles. The number of ether oxygens (including phenoxy) is 1. The number of carbonyl (C=O) groups excluding carboxylic acids is 2. The molecule has 7 nitrogen and oxygen atoms in total. The monoisotopic (exact) mass is 254 g/mol. The van der Waals surface area contributed by atoms with Crippen molar-refractivity contribution < 1.29 is 14.3 Å². The predicted molar refractivity (Wildman–Crippen MR) is 65.2 cm³/mol. The summed E-state index contributed by atoms with van der Waals surface area (Å²) >= 11 is 0. The Kier molecular flexibility index (Phi) is 4.33. The van der Waals surface area contributed by atoms with Crippen LogP contribution in [-0.2, 0) is 9.53 Å². The molecule has 0 bridgehead atoms. The Morgan fingerprint density at radius 1 is 1.44 bits per heavy atom. The SMILES string of the molecule is CC(C)(C)OC(=O)NC(C(=O)NN)c1ccc[nH]1. The van der Waals surface area contributed by atoms with Crippen molar-refractivity contribution in [1.29, 1.82) is 0 Å². The van der Waals surface area contributed by atoms with E-state index in [2.05, 4.69) is 10.3 Å². The zero-order valence-electron chi connectivity index (χ0n) is 10.6. The number of rotatable bonds is 3. The predicted octanol–water partition coefficient (Wildman–Crippen LogP) is 0.570. The van der Waals surface area contributed by atoms with Crippen molar-refractivity contribution in [3.05, 3.63) is 24.0 Å². The van der Waals surface area contributed by atoms with Crippen molar-refractivity contribution in [2.45, 2.75) is 32.4 Å². The van der Waals surface area contributed by atoms with Crippen molar-refractivity contribution in [3.63, 3.8) is 0 Å². The molecule has 1 heterocycles. The molecule has 0 saturated heterocycles. The van der Waals surface area contributed by atoms with E-state index in [9.17, 15) is 9.59 Å². The van der Waals surface area contributed by atoms with Crippen molar-refractivity contribution in [2.24, 2.45) is 5.84 Å². The fraction of sp³-hybridized carbons (Fsp3) is 0.455. The summed E-state index contributed by atoms with van der Waals surface area (Å²) in [5.74, 6) is 4.54. The summed E-state index contributed by atoms with van der Waals surface area (Å²) in [6.07, 6.45) is 0.953. The van der Waals surface area contributed by atoms with Gasteiger partial charge in [-0.2, -0.15) is 0 Å². The van der Waals surface area contributed by atoms with Gasteiger partial charge in [0.2, 0.25) is 0 Å². The van der Waals surface area contributed by atoms with Gasteiger partial charge in [0.25, 0.3) is 5.91 Å². The molecule has 0 spiro atoms. The third-order valence-electron chi connectivity index (χ3n) is 2.00. The highest BCUT2D eigenvalue weighted by molar-refractivity contribution is 5.86. The number of hydrogen-bond acceptors (Lipinski definition) is 4. The van der Waals surface area contributed by atoms with E-state index in [1.807, 2.05) is 5.43 Å². The lowest BCUT2D eigenvalue weighted by molar-refractivity contribution is -0.123. The van der Waals surface area contributed by atoms with E-state index in [1.54, 1.807) is 39.1 Å². The third-order valence-corrected chi connectivity index (χ3v) is 2.00. The van der Waals surface area contributed by atoms with E-state index in [-0.39, 0.29) is 0 Å². The van der Waals surface area contributed by atoms with Gasteiger partial charge in [-0.05, 0) is 32.9 Å². The molecule has 1 rings (SSSR count). The smallest absolute Gasteiger partial charge is 0.408 e. The average Bonchev–Trinajstić information content (AvgIpc) is 2.75. The average molecular weight is 254 g/mol. The summed E-state index contributed by atoms with van der Waals surface area (Å²) in [7, 11) is 0. The van der Waals surface area contributed by atoms with Crippen LogP contribution in [0.5, 0.6) is 0 Å². The van der Waals surface area contributed by atoms with E-state index in [1.165, 1.54) is 0 Å². The normalized spacial score (nSPS) is 12.7. The summed E-state index contributed by atoms with van der Waals surface area (Å²) in [5.41, 5.74) is 1.87. The second-order valence-electron chi connectivity index (χ2n) is 4.71. The molecule has 0 radical (unpaired) electrons. The molecule has 0 aliphatic rings. The molecule has 1 unspecified atom stereocenters. The van der Waals surface area contributed by atoms with Gasteiger partial charge in [0.1, 0.15) is 5.60 Å². The molecule has 1 aromatic heterocycles. The Bertz CT molecular complexity index is 408. The maximum atomic E-state index is 11.6. The summed E-state index contributed by atoms with van der Waals surface area (Å²) in [4.78, 5) is 26.0. The molecule has 0 aliphatic heterocycles. The van der Waals surface area contributed by atoms with Crippen LogP contribution < -0.4 is 16.6 Å². The summed E-state index contributed by atoms with van der Waals surface area (Å²) in [6.45, 7) is 5.21. The van der Waals surface area contributed by atoms with Crippen LogP contribution in [0.15, 0.2) is 18.3 Å². The summed E-state index contributed by atoms with van der Waals surface area (Å²) in [5, 5.41) is 2.44. The lowest BCUT2D eigenvalue weighted by Gasteiger charge is -2.22. The topological polar surface area (TPSA) is 109 Å². The van der Waals surface area contributed by atoms with Gasteiger partial charge in [-0.3, -0.25) is 10.2 Å². The molecule has 0 fully saturated rings. The van der Waals surface area contributed by atoms with Crippen LogP contribution in [0.1, 0.15) is 32.5 Å². The minimum Gasteiger partial charge on any atom is -0.444 e. The minimum absolute atomic E-state index is 0.517. The van der Waals surface area contributed by atoms with Gasteiger partial charge in [0, 0.05) is 11.9 Å². The van der Waals surface area contributed by atoms with Crippen LogP contribution in [0.25, 0.3) is 0 Å². The van der Waals surface area contributed by atoms with Crippen molar-refractivity contribution in [1.82, 2.24) is 15.7 Å². The molecule has 18 heavy (non-hydrogen) atoms. The number of H-pyrrole nitrogens is 1. The third kappa shape index (κ3) is 4.10. The van der Waals surface area contributed by atoms with Crippen LogP contribution in [0, 0.1) is 0 Å². The van der Waals surface area contributed by atoms with Gasteiger partial charge in [-0.25, -0.2) is 10.6 Å². The summed E-state index contributed by atoms with van der Waals surface area (Å²) in [6, 6.07) is 2.46. The van der Waals surface area contributed by atoms with Gasteiger partial charge < -0.3 is 15.0 Å². The molecule has 1 atom stereocenters. The Morgan fingerprint density at radius 2 is 2.11 bits per heavy atom. The minimum atomic E-state index is -0.917. The van der Waals surface area contributed by atoms with Gasteiger partial charge in [0.15, 0.2) is 6.04 Å². The fourth-order valence-corrected chi connectivity index (χ4v) is 1.32. The summed E-state index contributed by atoms with van der Waals surface area (Å²) < 4.78 is 5.08. The first-order chi connectivity index (χ1) is 8.33. The first-order valence-corrected chi connectivity index (χ1v) is 5.47. The molecule has 0 aromatic carbocycles. The number of nitrogens with one attached hydrogen (secondary N) is 3. The zero-order valence-corrected chi connectivity index (χ0v) is 10.6. The molecule has 0 saturated carbocycles. The quantitative estimate of drug-likeness (QED) is 0.359. The zero-order chi connectivity index (χ0) is 13.8. The molecular formula is C11H18N4O3. The molecule has 7 heteroatoms. The highest BCUT2D eigenvalue weighted by Gasteiger charge is 2.25. The molecular weight excluding hydrogens is 236 g/mol. The fourth-order valence-electron chi connectivity index (χ4n) is 1.32. The van der Waals surface area contributed by atoms with E-state index in [0.717, 1.165) is 0 Å². The number of aromatic nitrogens is 1. The second kappa shape index (κ2) is 5.54. The van der Waals surface area contributed by atoms with Crippen LogP contribution in [0.3, 0.4) is 0 Å². The Balaban J connectivity index is 2.75. The Morgan fingerprint density at radius 3 is 2.56 bits per heavy atom. The highest BCUT2D eigenvalue weighted by atomic mass is 16.6. The maximum Gasteiger partial charge on any atom is 0.408 e. The molecule has 2 amide bonds. The van der Waals surface area contributed by atoms with Gasteiger partial charge in [-0.15, -0.1) is 0 Å². The van der Waals surface area contributed by atoms with Crippen molar-refractivity contribution in [2.75, 3.05) is 0 Å². The Labute approximate surface area is 105 Å². The number of aromatic amines is 1. The van der Waals surface area contributed by atoms with Crippen LogP contribution in [0.2, 0.25) is 0 Å². The van der Waals surface area contributed by atoms with Crippen LogP contribution in [0.4, 0.5) is 4.79 Å². The second-order valence-corrected chi connectivity index (χ2v) is 4.71. The molecule has 5 N–H and O–H groups in total. The number of alkyl carbamates (subject to hydrolysis) is 1. The lowest BCUT2D eigenvalue weighted by Crippen LogP contribution is -2.44. The number of hydrazine groups is 1. The molecule has 100 valence electrons.